The molecule has 1 aliphatic heterocycles. The molecular formula is C23H29N3O5S. The average molecular weight is 460 g/mol. The SMILES string of the molecule is CC.Cc1ncsc1COc1ccc2oc(C)c(C(=O)NC(=O)C3(N(C)C)COC3)c2c1. The summed E-state index contributed by atoms with van der Waals surface area (Å²) in [6.45, 7) is 8.53. The number of amides is 2. The van der Waals surface area contributed by atoms with Gasteiger partial charge < -0.3 is 13.9 Å². The molecule has 1 fully saturated rings. The Balaban J connectivity index is 0.00000141. The van der Waals surface area contributed by atoms with Crippen molar-refractivity contribution in [3.8, 4) is 5.75 Å². The number of hydrogen-bond donors (Lipinski definition) is 1. The molecule has 0 unspecified atom stereocenters. The zero-order chi connectivity index (χ0) is 23.5. The minimum absolute atomic E-state index is 0.249. The highest BCUT2D eigenvalue weighted by Crippen LogP contribution is 2.30. The normalized spacial score (nSPS) is 14.5. The van der Waals surface area contributed by atoms with Crippen LogP contribution < -0.4 is 10.1 Å². The molecule has 0 atom stereocenters. The smallest absolute Gasteiger partial charge is 0.262 e. The second kappa shape index (κ2) is 9.81. The highest BCUT2D eigenvalue weighted by molar-refractivity contribution is 7.09. The van der Waals surface area contributed by atoms with Crippen LogP contribution in [-0.2, 0) is 16.1 Å². The minimum atomic E-state index is -0.829. The lowest BCUT2D eigenvalue weighted by Gasteiger charge is -2.44. The van der Waals surface area contributed by atoms with Gasteiger partial charge in [0.1, 0.15) is 29.2 Å². The Kier molecular flexibility index (Phi) is 7.33. The van der Waals surface area contributed by atoms with Gasteiger partial charge in [0.25, 0.3) is 11.8 Å². The number of rotatable bonds is 6. The number of nitrogens with zero attached hydrogens (tertiary/aromatic N) is 2. The summed E-state index contributed by atoms with van der Waals surface area (Å²) in [6, 6.07) is 5.31. The van der Waals surface area contributed by atoms with Gasteiger partial charge in [0.05, 0.1) is 34.9 Å². The summed E-state index contributed by atoms with van der Waals surface area (Å²) in [6.07, 6.45) is 0. The van der Waals surface area contributed by atoms with Crippen molar-refractivity contribution in [1.82, 2.24) is 15.2 Å². The number of carbonyl (C=O) groups excluding carboxylic acids is 2. The van der Waals surface area contributed by atoms with E-state index in [1.165, 1.54) is 11.3 Å². The molecule has 1 N–H and O–H groups in total. The molecular weight excluding hydrogens is 430 g/mol. The molecule has 0 saturated carbocycles. The zero-order valence-electron chi connectivity index (χ0n) is 19.3. The average Bonchev–Trinajstić information content (AvgIpc) is 3.27. The van der Waals surface area contributed by atoms with Gasteiger partial charge in [0.15, 0.2) is 0 Å². The third-order valence-electron chi connectivity index (χ3n) is 5.46. The number of fused-ring (bicyclic) bond motifs is 1. The van der Waals surface area contributed by atoms with Crippen molar-refractivity contribution in [1.29, 1.82) is 0 Å². The van der Waals surface area contributed by atoms with Crippen molar-refractivity contribution < 1.29 is 23.5 Å². The summed E-state index contributed by atoms with van der Waals surface area (Å²) in [4.78, 5) is 32.8. The van der Waals surface area contributed by atoms with E-state index in [1.807, 2.05) is 20.8 Å². The molecule has 0 spiro atoms. The molecule has 8 nitrogen and oxygen atoms in total. The third-order valence-corrected chi connectivity index (χ3v) is 6.37. The van der Waals surface area contributed by atoms with Crippen molar-refractivity contribution in [3.05, 3.63) is 45.6 Å². The number of hydrogen-bond acceptors (Lipinski definition) is 8. The number of aromatic nitrogens is 1. The summed E-state index contributed by atoms with van der Waals surface area (Å²) in [5, 5.41) is 3.11. The van der Waals surface area contributed by atoms with Crippen molar-refractivity contribution in [2.24, 2.45) is 0 Å². The van der Waals surface area contributed by atoms with Crippen LogP contribution in [0, 0.1) is 13.8 Å². The van der Waals surface area contributed by atoms with Gasteiger partial charge >= 0.3 is 0 Å². The predicted molar refractivity (Wildman–Crippen MR) is 123 cm³/mol. The van der Waals surface area contributed by atoms with Crippen molar-refractivity contribution in [2.75, 3.05) is 27.3 Å². The Labute approximate surface area is 191 Å². The number of ether oxygens (including phenoxy) is 2. The summed E-state index contributed by atoms with van der Waals surface area (Å²) < 4.78 is 16.8. The first kappa shape index (κ1) is 23.9. The second-order valence-electron chi connectivity index (χ2n) is 7.54. The first-order valence-electron chi connectivity index (χ1n) is 10.5. The first-order chi connectivity index (χ1) is 15.3. The first-order valence-corrected chi connectivity index (χ1v) is 11.4. The van der Waals surface area contributed by atoms with Gasteiger partial charge in [-0.1, -0.05) is 13.8 Å². The molecule has 1 aromatic carbocycles. The lowest BCUT2D eigenvalue weighted by atomic mass is 9.94. The van der Waals surface area contributed by atoms with E-state index >= 15 is 0 Å². The minimum Gasteiger partial charge on any atom is -0.488 e. The summed E-state index contributed by atoms with van der Waals surface area (Å²) in [5.41, 5.74) is 2.77. The predicted octanol–water partition coefficient (Wildman–Crippen LogP) is 3.70. The van der Waals surface area contributed by atoms with Crippen LogP contribution in [0.25, 0.3) is 11.0 Å². The molecule has 0 aliphatic carbocycles. The highest BCUT2D eigenvalue weighted by Gasteiger charge is 2.48. The van der Waals surface area contributed by atoms with Crippen LogP contribution in [0.2, 0.25) is 0 Å². The maximum Gasteiger partial charge on any atom is 0.262 e. The molecule has 1 aliphatic rings. The Morgan fingerprint density at radius 3 is 2.53 bits per heavy atom. The number of carbonyl (C=O) groups is 2. The summed E-state index contributed by atoms with van der Waals surface area (Å²) >= 11 is 1.53. The number of aryl methyl sites for hydroxylation is 2. The van der Waals surface area contributed by atoms with E-state index in [-0.39, 0.29) is 19.1 Å². The van der Waals surface area contributed by atoms with Crippen LogP contribution in [0.5, 0.6) is 5.75 Å². The fraction of sp³-hybridized carbons (Fsp3) is 0.435. The fourth-order valence-electron chi connectivity index (χ4n) is 3.35. The lowest BCUT2D eigenvalue weighted by Crippen LogP contribution is -2.68. The van der Waals surface area contributed by atoms with Gasteiger partial charge in [0, 0.05) is 5.39 Å². The molecule has 9 heteroatoms. The van der Waals surface area contributed by atoms with Gasteiger partial charge in [-0.25, -0.2) is 4.98 Å². The Hall–Kier alpha value is -2.75. The monoisotopic (exact) mass is 459 g/mol. The quantitative estimate of drug-likeness (QED) is 0.562. The standard InChI is InChI=1S/C21H23N3O5S.C2H6/c1-12-17(30-11-22-12)8-28-14-5-6-16-15(7-14)18(13(2)29-16)19(25)23-20(26)21(24(3)4)9-27-10-21;1-2/h5-7,11H,8-10H2,1-4H3,(H,23,25,26);1-2H3. The molecule has 3 aromatic rings. The van der Waals surface area contributed by atoms with Gasteiger partial charge in [-0.3, -0.25) is 19.8 Å². The molecule has 32 heavy (non-hydrogen) atoms. The second-order valence-corrected chi connectivity index (χ2v) is 8.48. The fourth-order valence-corrected chi connectivity index (χ4v) is 4.04. The van der Waals surface area contributed by atoms with Gasteiger partial charge in [-0.2, -0.15) is 0 Å². The molecule has 3 heterocycles. The van der Waals surface area contributed by atoms with Crippen LogP contribution >= 0.6 is 11.3 Å². The van der Waals surface area contributed by atoms with Gasteiger partial charge in [0.2, 0.25) is 0 Å². The molecule has 2 aromatic heterocycles. The lowest BCUT2D eigenvalue weighted by molar-refractivity contribution is -0.163. The number of thiazole rings is 1. The van der Waals surface area contributed by atoms with Crippen LogP contribution in [-0.4, -0.2) is 54.5 Å². The molecule has 4 rings (SSSR count). The Morgan fingerprint density at radius 1 is 1.25 bits per heavy atom. The van der Waals surface area contributed by atoms with Crippen molar-refractivity contribution in [2.45, 2.75) is 39.8 Å². The van der Waals surface area contributed by atoms with Crippen molar-refractivity contribution >= 4 is 34.1 Å². The maximum atomic E-state index is 13.0. The van der Waals surface area contributed by atoms with E-state index in [9.17, 15) is 9.59 Å². The topological polar surface area (TPSA) is 93.9 Å². The van der Waals surface area contributed by atoms with E-state index in [0.29, 0.717) is 34.6 Å². The van der Waals surface area contributed by atoms with E-state index in [1.54, 1.807) is 49.6 Å². The van der Waals surface area contributed by atoms with Gasteiger partial charge in [-0.15, -0.1) is 11.3 Å². The Bertz CT molecular complexity index is 1110. The van der Waals surface area contributed by atoms with E-state index in [2.05, 4.69) is 10.3 Å². The highest BCUT2D eigenvalue weighted by atomic mass is 32.1. The molecule has 172 valence electrons. The zero-order valence-corrected chi connectivity index (χ0v) is 20.1. The molecule has 2 amide bonds. The number of furan rings is 1. The van der Waals surface area contributed by atoms with E-state index in [0.717, 1.165) is 10.6 Å². The van der Waals surface area contributed by atoms with Crippen LogP contribution in [0.1, 0.15) is 40.5 Å². The van der Waals surface area contributed by atoms with Crippen LogP contribution in [0.15, 0.2) is 28.1 Å². The Morgan fingerprint density at radius 2 is 1.97 bits per heavy atom. The number of imide groups is 1. The summed E-state index contributed by atoms with van der Waals surface area (Å²) in [7, 11) is 3.58. The molecule has 0 radical (unpaired) electrons. The molecule has 0 bridgehead atoms. The van der Waals surface area contributed by atoms with E-state index < -0.39 is 11.4 Å². The van der Waals surface area contributed by atoms with Gasteiger partial charge in [-0.05, 0) is 46.1 Å². The number of likely N-dealkylation sites (N-methyl/N-ethyl adjacent to an activating group) is 1. The number of benzene rings is 1. The van der Waals surface area contributed by atoms with E-state index in [4.69, 9.17) is 13.9 Å². The summed E-state index contributed by atoms with van der Waals surface area (Å²) in [5.74, 6) is 0.161. The van der Waals surface area contributed by atoms with Crippen LogP contribution in [0.4, 0.5) is 0 Å². The van der Waals surface area contributed by atoms with Crippen molar-refractivity contribution in [3.63, 3.8) is 0 Å². The molecule has 1 saturated heterocycles. The number of nitrogens with one attached hydrogen (secondary N) is 1. The van der Waals surface area contributed by atoms with Crippen LogP contribution in [0.3, 0.4) is 0 Å². The maximum absolute atomic E-state index is 13.0. The largest absolute Gasteiger partial charge is 0.488 e. The third kappa shape index (κ3) is 4.41.